The molecule has 22 heteroatoms. The molecule has 4 heterocycles. The summed E-state index contributed by atoms with van der Waals surface area (Å²) in [5.74, 6) is -3.25. The number of hydrogen-bond donors (Lipinski definition) is 5. The standard InChI is InChI=1S/C65H69Cl2F2N11O7/c1-8-54(81)73-41-14-12-15-43(33-41)80-56(83)30-38(2)45-36-72-63(77-60(45)80)75-50-24-21-42(34-52(50)87-7)78-26-28-79(29-27-78)55(82)18-10-9-11-25-71-61(84)39-19-23-49(51(31-39)86-6)74-62(85)59-57(44-16-13-17-47(67)58(44)69)65(37-70,53(76-59)35-64(3,4)5)46-22-20-40(66)32-48(46)68/h8,12-17,19-24,30-34,45,53,57,59,76H,1,9-11,18,25-29,35-36H2,2-7H3,(H,71,84)(H,72,75)(H,73,81)(H,74,85). The van der Waals surface area contributed by atoms with Crippen molar-refractivity contribution in [3.63, 3.8) is 0 Å². The van der Waals surface area contributed by atoms with Crippen molar-refractivity contribution in [1.29, 1.82) is 5.26 Å². The van der Waals surface area contributed by atoms with Crippen molar-refractivity contribution < 1.29 is 42.2 Å². The van der Waals surface area contributed by atoms with Crippen molar-refractivity contribution in [2.45, 2.75) is 83.2 Å². The average molecular weight is 1230 g/mol. The first-order valence-electron chi connectivity index (χ1n) is 28.7. The topological polar surface area (TPSA) is 222 Å². The zero-order chi connectivity index (χ0) is 62.3. The number of carbonyl (C=O) groups excluding carboxylic acids is 5. The van der Waals surface area contributed by atoms with Crippen molar-refractivity contribution >= 4 is 93.0 Å². The Morgan fingerprint density at radius 1 is 0.885 bits per heavy atom. The number of nitrogens with zero attached hydrogens (tertiary/aromatic N) is 6. The zero-order valence-corrected chi connectivity index (χ0v) is 50.8. The number of anilines is 5. The molecule has 4 aliphatic heterocycles. The smallest absolute Gasteiger partial charge is 0.256 e. The molecule has 9 rings (SSSR count). The normalized spacial score (nSPS) is 20.0. The van der Waals surface area contributed by atoms with Gasteiger partial charge in [0.2, 0.25) is 23.7 Å². The third-order valence-electron chi connectivity index (χ3n) is 16.1. The van der Waals surface area contributed by atoms with E-state index in [2.05, 4.69) is 44.1 Å². The molecule has 18 nitrogen and oxygen atoms in total. The van der Waals surface area contributed by atoms with Gasteiger partial charge in [-0.15, -0.1) is 0 Å². The lowest BCUT2D eigenvalue weighted by molar-refractivity contribution is -0.131. The molecule has 2 saturated heterocycles. The summed E-state index contributed by atoms with van der Waals surface area (Å²) in [7, 11) is 2.97. The van der Waals surface area contributed by atoms with E-state index in [1.807, 2.05) is 50.8 Å². The fourth-order valence-corrected chi connectivity index (χ4v) is 12.1. The minimum atomic E-state index is -1.83. The fourth-order valence-electron chi connectivity index (χ4n) is 11.8. The molecule has 0 aliphatic carbocycles. The maximum Gasteiger partial charge on any atom is 0.256 e. The predicted octanol–water partition coefficient (Wildman–Crippen LogP) is 10.8. The molecule has 0 bridgehead atoms. The van der Waals surface area contributed by atoms with Crippen LogP contribution in [0.2, 0.25) is 10.0 Å². The maximum atomic E-state index is 16.2. The number of halogens is 4. The molecule has 0 aromatic heterocycles. The molecule has 4 aliphatic rings. The molecule has 5 atom stereocenters. The molecule has 5 unspecified atom stereocenters. The van der Waals surface area contributed by atoms with Gasteiger partial charge in [0.15, 0.2) is 0 Å². The highest BCUT2D eigenvalue weighted by Crippen LogP contribution is 2.53. The maximum absolute atomic E-state index is 16.2. The largest absolute Gasteiger partial charge is 0.495 e. The first-order valence-corrected chi connectivity index (χ1v) is 29.4. The number of nitriles is 1. The summed E-state index contributed by atoms with van der Waals surface area (Å²) in [6.07, 6.45) is 5.36. The van der Waals surface area contributed by atoms with E-state index in [1.54, 1.807) is 37.5 Å². The third kappa shape index (κ3) is 13.8. The van der Waals surface area contributed by atoms with E-state index in [0.717, 1.165) is 17.3 Å². The van der Waals surface area contributed by atoms with Crippen LogP contribution in [0.1, 0.15) is 87.2 Å². The van der Waals surface area contributed by atoms with Crippen LogP contribution in [0.4, 0.5) is 37.2 Å². The van der Waals surface area contributed by atoms with Crippen molar-refractivity contribution in [3.8, 4) is 17.6 Å². The van der Waals surface area contributed by atoms with Gasteiger partial charge in [-0.25, -0.2) is 13.8 Å². The summed E-state index contributed by atoms with van der Waals surface area (Å²) in [4.78, 5) is 82.1. The summed E-state index contributed by atoms with van der Waals surface area (Å²) >= 11 is 12.5. The van der Waals surface area contributed by atoms with Crippen molar-refractivity contribution in [3.05, 3.63) is 160 Å². The van der Waals surface area contributed by atoms with E-state index >= 15 is 8.78 Å². The summed E-state index contributed by atoms with van der Waals surface area (Å²) in [6, 6.07) is 25.7. The van der Waals surface area contributed by atoms with Crippen LogP contribution in [-0.4, -0.2) is 112 Å². The molecule has 0 saturated carbocycles. The van der Waals surface area contributed by atoms with Crippen LogP contribution in [0, 0.1) is 34.3 Å². The molecular weight excluding hydrogens is 1160 g/mol. The Labute approximate surface area is 514 Å². The number of unbranched alkanes of at least 4 members (excludes halogenated alkanes) is 2. The summed E-state index contributed by atoms with van der Waals surface area (Å²) < 4.78 is 43.9. The Bertz CT molecular complexity index is 3650. The molecule has 454 valence electrons. The number of hydrogen-bond acceptors (Lipinski definition) is 13. The molecule has 5 aromatic rings. The number of ether oxygens (including phenoxy) is 2. The molecule has 0 spiro atoms. The van der Waals surface area contributed by atoms with Crippen LogP contribution in [0.15, 0.2) is 131 Å². The van der Waals surface area contributed by atoms with Gasteiger partial charge in [0, 0.05) is 90.8 Å². The number of piperazine rings is 1. The predicted molar refractivity (Wildman–Crippen MR) is 335 cm³/mol. The van der Waals surface area contributed by atoms with Crippen LogP contribution in [0.5, 0.6) is 11.5 Å². The number of aliphatic imine (C=N–C) groups is 2. The van der Waals surface area contributed by atoms with E-state index in [0.29, 0.717) is 99.6 Å². The van der Waals surface area contributed by atoms with Crippen molar-refractivity contribution in [2.75, 3.05) is 79.2 Å². The molecular formula is C65H69Cl2F2N11O7. The van der Waals surface area contributed by atoms with E-state index < -0.39 is 46.4 Å². The Kier molecular flexibility index (Phi) is 19.5. The van der Waals surface area contributed by atoms with Crippen LogP contribution in [-0.2, 0) is 24.6 Å². The highest BCUT2D eigenvalue weighted by molar-refractivity contribution is 6.31. The number of methoxy groups -OCH3 is 2. The minimum Gasteiger partial charge on any atom is -0.495 e. The van der Waals surface area contributed by atoms with Gasteiger partial charge in [0.05, 0.1) is 60.9 Å². The Morgan fingerprint density at radius 3 is 2.33 bits per heavy atom. The lowest BCUT2D eigenvalue weighted by Gasteiger charge is -2.37. The molecule has 5 aromatic carbocycles. The monoisotopic (exact) mass is 1220 g/mol. The highest BCUT2D eigenvalue weighted by atomic mass is 35.5. The summed E-state index contributed by atoms with van der Waals surface area (Å²) in [5.41, 5.74) is 1.51. The molecule has 5 N–H and O–H groups in total. The minimum absolute atomic E-state index is 0.0505. The fraction of sp³-hybridized carbons (Fsp3) is 0.354. The molecule has 87 heavy (non-hydrogen) atoms. The lowest BCUT2D eigenvalue weighted by atomic mass is 9.62. The van der Waals surface area contributed by atoms with Gasteiger partial charge >= 0.3 is 0 Å². The lowest BCUT2D eigenvalue weighted by Crippen LogP contribution is -2.48. The van der Waals surface area contributed by atoms with Gasteiger partial charge in [-0.2, -0.15) is 10.3 Å². The molecule has 2 fully saturated rings. The second kappa shape index (κ2) is 27.0. The zero-order valence-electron chi connectivity index (χ0n) is 49.2. The third-order valence-corrected chi connectivity index (χ3v) is 16.6. The highest BCUT2D eigenvalue weighted by Gasteiger charge is 2.61. The van der Waals surface area contributed by atoms with E-state index in [4.69, 9.17) is 42.7 Å². The SMILES string of the molecule is C=CC(=O)Nc1cccc(N2C(=O)C=C(C)C3CN=C(Nc4ccc(N5CCN(C(=O)CCCCCNC(=O)c6ccc(NC(=O)C7NC(CC(C)(C)C)C(C#N)(c8ccc(Cl)cc8F)C7c7cccc(Cl)c7F)c(OC)c6)CC5)cc4OC)N=C32)c1. The Hall–Kier alpha value is -8.64. The van der Waals surface area contributed by atoms with Crippen molar-refractivity contribution in [2.24, 2.45) is 21.3 Å². The van der Waals surface area contributed by atoms with Crippen LogP contribution < -0.4 is 45.9 Å². The van der Waals surface area contributed by atoms with Gasteiger partial charge in [-0.3, -0.25) is 28.9 Å². The molecule has 5 amide bonds. The Balaban J connectivity index is 0.756. The van der Waals surface area contributed by atoms with Crippen LogP contribution >= 0.6 is 23.2 Å². The molecule has 0 radical (unpaired) electrons. The number of guanidine groups is 1. The second-order valence-corrected chi connectivity index (χ2v) is 23.9. The first-order chi connectivity index (χ1) is 41.7. The van der Waals surface area contributed by atoms with Crippen LogP contribution in [0.25, 0.3) is 0 Å². The summed E-state index contributed by atoms with van der Waals surface area (Å²) in [6.45, 7) is 14.2. The number of nitrogens with one attached hydrogen (secondary N) is 5. The van der Waals surface area contributed by atoms with E-state index in [9.17, 15) is 29.2 Å². The Morgan fingerprint density at radius 2 is 1.62 bits per heavy atom. The van der Waals surface area contributed by atoms with E-state index in [-0.39, 0.29) is 74.1 Å². The van der Waals surface area contributed by atoms with Crippen LogP contribution in [0.3, 0.4) is 0 Å². The van der Waals surface area contributed by atoms with Gasteiger partial charge in [-0.05, 0) is 110 Å². The second-order valence-electron chi connectivity index (χ2n) is 23.0. The number of carbonyl (C=O) groups is 5. The first kappa shape index (κ1) is 62.9. The van der Waals surface area contributed by atoms with Gasteiger partial charge < -0.3 is 45.9 Å². The number of rotatable bonds is 19. The number of fused-ring (bicyclic) bond motifs is 1. The number of amides is 5. The quantitative estimate of drug-likeness (QED) is 0.0386. The van der Waals surface area contributed by atoms with Gasteiger partial charge in [-0.1, -0.05) is 86.8 Å². The van der Waals surface area contributed by atoms with Gasteiger partial charge in [0.1, 0.15) is 34.4 Å². The van der Waals surface area contributed by atoms with E-state index in [1.165, 1.54) is 66.6 Å². The number of benzene rings is 5. The summed E-state index contributed by atoms with van der Waals surface area (Å²) in [5, 5.41) is 26.2. The average Bonchev–Trinajstić information content (AvgIpc) is 1.62. The van der Waals surface area contributed by atoms with Gasteiger partial charge in [0.25, 0.3) is 11.8 Å². The van der Waals surface area contributed by atoms with Crippen molar-refractivity contribution in [1.82, 2.24) is 15.5 Å². The number of amidine groups is 1.